The van der Waals surface area contributed by atoms with Crippen molar-refractivity contribution in [1.29, 1.82) is 0 Å². The Morgan fingerprint density at radius 3 is 1.69 bits per heavy atom. The number of aryl methyl sites for hydroxylation is 2. The van der Waals surface area contributed by atoms with Crippen LogP contribution in [0.4, 0.5) is 30.7 Å². The number of carbonyl (C=O) groups excluding carboxylic acids is 3. The van der Waals surface area contributed by atoms with Crippen LogP contribution in [-0.4, -0.2) is 43.7 Å². The standard InChI is InChI=1S/C27H34F4O.C12H15FO.C8H18O.C7H12O.C4H8.C2H4F2.2C2H6.2CH4/c1-7-10-18(4)12-14-23(20(6)11-8-2)25(17-32)26(27(29,30)31)24-16-21(28)13-15-22(24)19(5)9-3;1-4-5-11(14)12-9(3)6-8(2)7-10(12)13;1-3-5-6-8-9-7-4-2;1-2-7(8)6-4-3-5-6;1-3-4-2;1-2(3)4;2*1-2;;/h11-17,19H,7-10H2,1-6H3;6-7H,4-5H2,1-3H3;3-8H2,1-2H3;6H,2-5H2,1H3;3-4H,1-2H3;2H,1H3;2*1-2H3;2*1H4/b18-12-,20-11-,23-14+,26-25-;;;;4-3-;;;;;. The third-order valence-corrected chi connectivity index (χ3v) is 11.2. The molecule has 2 aromatic rings. The molecule has 0 amide bonds. The molecular weight excluding hydrogens is 990 g/mol. The summed E-state index contributed by atoms with van der Waals surface area (Å²) >= 11 is 0. The molecule has 0 aliphatic heterocycles. The van der Waals surface area contributed by atoms with Gasteiger partial charge < -0.3 is 4.74 Å². The Kier molecular flexibility index (Phi) is 61.7. The predicted octanol–water partition coefficient (Wildman–Crippen LogP) is 22.9. The maximum Gasteiger partial charge on any atom is 0.417 e. The number of benzene rings is 2. The average molecular weight is 1100 g/mol. The molecule has 0 aromatic heterocycles. The maximum absolute atomic E-state index is 14.4. The normalized spacial score (nSPS) is 12.7. The van der Waals surface area contributed by atoms with E-state index < -0.39 is 29.6 Å². The number of ether oxygens (including phenoxy) is 1. The van der Waals surface area contributed by atoms with E-state index >= 15 is 0 Å². The fourth-order valence-electron chi connectivity index (χ4n) is 7.00. The van der Waals surface area contributed by atoms with Crippen molar-refractivity contribution in [3.63, 3.8) is 0 Å². The second-order valence-corrected chi connectivity index (χ2v) is 17.6. The molecule has 0 radical (unpaired) electrons. The van der Waals surface area contributed by atoms with Gasteiger partial charge in [-0.25, -0.2) is 17.6 Å². The Bertz CT molecular complexity index is 1910. The highest BCUT2D eigenvalue weighted by molar-refractivity contribution is 5.98. The highest BCUT2D eigenvalue weighted by Crippen LogP contribution is 2.43. The molecule has 11 heteroatoms. The van der Waals surface area contributed by atoms with Gasteiger partial charge in [0.05, 0.1) is 11.1 Å². The molecule has 0 spiro atoms. The van der Waals surface area contributed by atoms with Gasteiger partial charge in [-0.1, -0.05) is 172 Å². The first-order chi connectivity index (χ1) is 35.5. The van der Waals surface area contributed by atoms with Crippen LogP contribution in [0.25, 0.3) is 5.57 Å². The summed E-state index contributed by atoms with van der Waals surface area (Å²) in [6.07, 6.45) is 15.7. The van der Waals surface area contributed by atoms with Crippen molar-refractivity contribution in [2.45, 2.75) is 255 Å². The average Bonchev–Trinajstić information content (AvgIpc) is 3.34. The zero-order valence-corrected chi connectivity index (χ0v) is 50.2. The lowest BCUT2D eigenvalue weighted by molar-refractivity contribution is -0.124. The van der Waals surface area contributed by atoms with E-state index in [-0.39, 0.29) is 55.4 Å². The van der Waals surface area contributed by atoms with Crippen molar-refractivity contribution >= 4 is 23.4 Å². The molecule has 1 unspecified atom stereocenters. The third-order valence-electron chi connectivity index (χ3n) is 11.2. The lowest BCUT2D eigenvalue weighted by Gasteiger charge is -2.22. The van der Waals surface area contributed by atoms with E-state index in [0.29, 0.717) is 42.1 Å². The molecule has 1 saturated carbocycles. The summed E-state index contributed by atoms with van der Waals surface area (Å²) < 4.78 is 96.9. The van der Waals surface area contributed by atoms with E-state index in [4.69, 9.17) is 4.74 Å². The maximum atomic E-state index is 14.4. The molecule has 1 atom stereocenters. The van der Waals surface area contributed by atoms with Gasteiger partial charge in [-0.3, -0.25) is 14.4 Å². The van der Waals surface area contributed by atoms with Gasteiger partial charge in [0.25, 0.3) is 0 Å². The quantitative estimate of drug-likeness (QED) is 0.0238. The lowest BCUT2D eigenvalue weighted by Crippen LogP contribution is -2.20. The summed E-state index contributed by atoms with van der Waals surface area (Å²) in [6.45, 7) is 37.7. The zero-order chi connectivity index (χ0) is 59.1. The van der Waals surface area contributed by atoms with E-state index in [1.807, 2.05) is 108 Å². The number of Topliss-reactive ketones (excluding diaryl/α,β-unsaturated/α-hetero) is 2. The molecule has 1 fully saturated rings. The van der Waals surface area contributed by atoms with Gasteiger partial charge in [0.15, 0.2) is 12.1 Å². The van der Waals surface area contributed by atoms with Gasteiger partial charge in [0.1, 0.15) is 17.4 Å². The minimum Gasteiger partial charge on any atom is -0.381 e. The predicted molar refractivity (Wildman–Crippen MR) is 322 cm³/mol. The van der Waals surface area contributed by atoms with E-state index in [0.717, 1.165) is 93.9 Å². The van der Waals surface area contributed by atoms with Crippen LogP contribution in [0, 0.1) is 31.4 Å². The smallest absolute Gasteiger partial charge is 0.381 e. The van der Waals surface area contributed by atoms with Crippen LogP contribution < -0.4 is 0 Å². The van der Waals surface area contributed by atoms with Crippen LogP contribution in [0.1, 0.15) is 261 Å². The SMILES string of the molecule is C.C.C/C=C\C.CC.CC.CC(F)F.CCC(=O)C1CCC1.CCCC(=O)c1c(C)cc(C)cc1F.CCCCCOCCC.CC\C=C(C)/C(=C\C=C(\C)CCC)C(/C=O)=C(/c1cc(F)ccc1C(C)CC)C(F)(F)F. The summed E-state index contributed by atoms with van der Waals surface area (Å²) in [7, 11) is 0. The Hall–Kier alpha value is -4.38. The van der Waals surface area contributed by atoms with Gasteiger partial charge in [0.2, 0.25) is 6.43 Å². The van der Waals surface area contributed by atoms with Gasteiger partial charge in [0, 0.05) is 37.5 Å². The Balaban J connectivity index is -0.000000179. The molecule has 0 heterocycles. The van der Waals surface area contributed by atoms with Gasteiger partial charge in [-0.05, 0) is 157 Å². The number of carbonyl (C=O) groups is 3. The lowest BCUT2D eigenvalue weighted by atomic mass is 9.81. The molecule has 4 nitrogen and oxygen atoms in total. The van der Waals surface area contributed by atoms with E-state index in [1.54, 1.807) is 39.0 Å². The molecular formula is C66H111F7O4. The minimum absolute atomic E-state index is 0. The number of halogens is 7. The Morgan fingerprint density at radius 1 is 0.766 bits per heavy atom. The van der Waals surface area contributed by atoms with Crippen LogP contribution in [0.3, 0.4) is 0 Å². The number of aldehydes is 1. The van der Waals surface area contributed by atoms with Crippen molar-refractivity contribution in [1.82, 2.24) is 0 Å². The van der Waals surface area contributed by atoms with Gasteiger partial charge in [-0.2, -0.15) is 13.2 Å². The Morgan fingerprint density at radius 2 is 1.31 bits per heavy atom. The molecule has 3 rings (SSSR count). The van der Waals surface area contributed by atoms with Crippen LogP contribution in [0.5, 0.6) is 0 Å². The molecule has 77 heavy (non-hydrogen) atoms. The van der Waals surface area contributed by atoms with Crippen LogP contribution >= 0.6 is 0 Å². The topological polar surface area (TPSA) is 60.4 Å². The monoisotopic (exact) mass is 1100 g/mol. The number of ketones is 2. The first-order valence-electron chi connectivity index (χ1n) is 27.8. The molecule has 2 aromatic carbocycles. The number of hydrogen-bond donors (Lipinski definition) is 0. The number of hydrogen-bond acceptors (Lipinski definition) is 4. The highest BCUT2D eigenvalue weighted by atomic mass is 19.4. The number of allylic oxidation sites excluding steroid dienone is 10. The molecule has 1 aliphatic rings. The minimum atomic E-state index is -4.85. The summed E-state index contributed by atoms with van der Waals surface area (Å²) in [5, 5.41) is 0. The van der Waals surface area contributed by atoms with Gasteiger partial charge in [-0.15, -0.1) is 0 Å². The molecule has 0 N–H and O–H groups in total. The largest absolute Gasteiger partial charge is 0.417 e. The highest BCUT2D eigenvalue weighted by Gasteiger charge is 2.40. The summed E-state index contributed by atoms with van der Waals surface area (Å²) in [5.74, 6) is -0.564. The van der Waals surface area contributed by atoms with Crippen molar-refractivity contribution in [2.75, 3.05) is 13.2 Å². The number of unbranched alkanes of at least 4 members (excludes halogenated alkanes) is 2. The fraction of sp³-hybridized carbons (Fsp3) is 0.621. The molecule has 0 bridgehead atoms. The first kappa shape index (κ1) is 86.5. The van der Waals surface area contributed by atoms with E-state index in [2.05, 4.69) is 13.8 Å². The van der Waals surface area contributed by atoms with Crippen LogP contribution in [0.15, 0.2) is 83.0 Å². The first-order valence-corrected chi connectivity index (χ1v) is 27.8. The van der Waals surface area contributed by atoms with Gasteiger partial charge >= 0.3 is 6.18 Å². The fourth-order valence-corrected chi connectivity index (χ4v) is 7.00. The Labute approximate surface area is 468 Å². The third kappa shape index (κ3) is 41.4. The molecule has 448 valence electrons. The summed E-state index contributed by atoms with van der Waals surface area (Å²) in [5.41, 5.74) is 2.13. The van der Waals surface area contributed by atoms with Crippen LogP contribution in [-0.2, 0) is 14.3 Å². The van der Waals surface area contributed by atoms with Crippen LogP contribution in [0.2, 0.25) is 0 Å². The second kappa shape index (κ2) is 55.0. The van der Waals surface area contributed by atoms with Crippen molar-refractivity contribution in [2.24, 2.45) is 5.92 Å². The number of alkyl halides is 5. The van der Waals surface area contributed by atoms with E-state index in [9.17, 15) is 45.1 Å². The zero-order valence-electron chi connectivity index (χ0n) is 50.2. The van der Waals surface area contributed by atoms with Crippen molar-refractivity contribution in [3.8, 4) is 0 Å². The van der Waals surface area contributed by atoms with Crippen molar-refractivity contribution < 1.29 is 49.9 Å². The van der Waals surface area contributed by atoms with E-state index in [1.165, 1.54) is 37.8 Å². The van der Waals surface area contributed by atoms with Crippen molar-refractivity contribution in [3.05, 3.63) is 122 Å². The second-order valence-electron chi connectivity index (χ2n) is 17.6. The molecule has 1 aliphatic carbocycles. The number of rotatable bonds is 21. The molecule has 0 saturated heterocycles. The summed E-state index contributed by atoms with van der Waals surface area (Å²) in [4.78, 5) is 34.5. The summed E-state index contributed by atoms with van der Waals surface area (Å²) in [6, 6.07) is 6.69.